The van der Waals surface area contributed by atoms with Crippen molar-refractivity contribution in [1.82, 2.24) is 19.4 Å². The molecule has 1 unspecified atom stereocenters. The molecule has 0 aliphatic carbocycles. The first kappa shape index (κ1) is 11.7. The zero-order chi connectivity index (χ0) is 12.5. The number of nitrogens with zero attached hydrogens (tertiary/aromatic N) is 4. The number of fused-ring (bicyclic) bond motifs is 1. The van der Waals surface area contributed by atoms with Gasteiger partial charge in [-0.05, 0) is 13.5 Å². The van der Waals surface area contributed by atoms with Crippen molar-refractivity contribution in [1.29, 1.82) is 0 Å². The molecule has 1 amide bonds. The van der Waals surface area contributed by atoms with E-state index in [0.717, 1.165) is 45.6 Å². The van der Waals surface area contributed by atoms with Crippen molar-refractivity contribution in [3.63, 3.8) is 0 Å². The zero-order valence-electron chi connectivity index (χ0n) is 10.9. The van der Waals surface area contributed by atoms with Crippen LogP contribution < -0.4 is 0 Å². The molecule has 1 aromatic rings. The van der Waals surface area contributed by atoms with Crippen LogP contribution in [0, 0.1) is 5.92 Å². The first-order valence-electron chi connectivity index (χ1n) is 6.70. The summed E-state index contributed by atoms with van der Waals surface area (Å²) in [4.78, 5) is 20.9. The van der Waals surface area contributed by atoms with Gasteiger partial charge < -0.3 is 14.4 Å². The summed E-state index contributed by atoms with van der Waals surface area (Å²) in [5.41, 5.74) is 1.20. The summed E-state index contributed by atoms with van der Waals surface area (Å²) < 4.78 is 2.16. The van der Waals surface area contributed by atoms with Crippen LogP contribution in [-0.4, -0.2) is 58.5 Å². The molecule has 0 radical (unpaired) electrons. The summed E-state index contributed by atoms with van der Waals surface area (Å²) in [5, 5.41) is 0. The van der Waals surface area contributed by atoms with Crippen molar-refractivity contribution in [2.75, 3.05) is 33.2 Å². The lowest BCUT2D eigenvalue weighted by Crippen LogP contribution is -2.49. The molecule has 0 saturated carbocycles. The SMILES string of the molecule is CN1CCN(C(=O)C2CCn3cncc3C2)CC1. The lowest BCUT2D eigenvalue weighted by molar-refractivity contribution is -0.137. The molecule has 1 aromatic heterocycles. The second-order valence-electron chi connectivity index (χ2n) is 5.40. The Morgan fingerprint density at radius 1 is 1.28 bits per heavy atom. The third-order valence-electron chi connectivity index (χ3n) is 4.14. The number of hydrogen-bond acceptors (Lipinski definition) is 3. The molecule has 1 fully saturated rings. The molecule has 3 rings (SSSR count). The van der Waals surface area contributed by atoms with Gasteiger partial charge in [0.25, 0.3) is 0 Å². The monoisotopic (exact) mass is 248 g/mol. The molecule has 5 nitrogen and oxygen atoms in total. The van der Waals surface area contributed by atoms with Gasteiger partial charge in [-0.2, -0.15) is 0 Å². The van der Waals surface area contributed by atoms with E-state index >= 15 is 0 Å². The van der Waals surface area contributed by atoms with E-state index in [4.69, 9.17) is 0 Å². The number of hydrogen-bond donors (Lipinski definition) is 0. The van der Waals surface area contributed by atoms with E-state index in [2.05, 4.69) is 21.5 Å². The Hall–Kier alpha value is -1.36. The van der Waals surface area contributed by atoms with E-state index < -0.39 is 0 Å². The maximum atomic E-state index is 12.5. The third kappa shape index (κ3) is 2.14. The summed E-state index contributed by atoms with van der Waals surface area (Å²) in [6, 6.07) is 0. The Bertz CT molecular complexity index is 434. The van der Waals surface area contributed by atoms with Crippen LogP contribution in [-0.2, 0) is 17.8 Å². The van der Waals surface area contributed by atoms with Gasteiger partial charge in [0.1, 0.15) is 0 Å². The van der Waals surface area contributed by atoms with E-state index in [9.17, 15) is 4.79 Å². The van der Waals surface area contributed by atoms with Crippen LogP contribution in [0.5, 0.6) is 0 Å². The zero-order valence-corrected chi connectivity index (χ0v) is 10.9. The second kappa shape index (κ2) is 4.72. The normalized spacial score (nSPS) is 24.9. The molecule has 0 bridgehead atoms. The molecule has 1 atom stereocenters. The second-order valence-corrected chi connectivity index (χ2v) is 5.40. The smallest absolute Gasteiger partial charge is 0.226 e. The molecule has 0 aromatic carbocycles. The number of piperazine rings is 1. The van der Waals surface area contributed by atoms with Crippen LogP contribution in [0.1, 0.15) is 12.1 Å². The van der Waals surface area contributed by atoms with Crippen LogP contribution in [0.25, 0.3) is 0 Å². The molecular weight excluding hydrogens is 228 g/mol. The predicted molar refractivity (Wildman–Crippen MR) is 68.1 cm³/mol. The van der Waals surface area contributed by atoms with Gasteiger partial charge in [-0.1, -0.05) is 0 Å². The van der Waals surface area contributed by atoms with E-state index in [0.29, 0.717) is 5.91 Å². The lowest BCUT2D eigenvalue weighted by Gasteiger charge is -2.35. The largest absolute Gasteiger partial charge is 0.340 e. The van der Waals surface area contributed by atoms with Crippen LogP contribution >= 0.6 is 0 Å². The fourth-order valence-corrected chi connectivity index (χ4v) is 2.86. The molecule has 2 aliphatic heterocycles. The molecule has 2 aliphatic rings. The first-order chi connectivity index (χ1) is 8.74. The lowest BCUT2D eigenvalue weighted by atomic mass is 9.94. The van der Waals surface area contributed by atoms with E-state index in [1.807, 2.05) is 17.4 Å². The first-order valence-corrected chi connectivity index (χ1v) is 6.70. The van der Waals surface area contributed by atoms with Gasteiger partial charge >= 0.3 is 0 Å². The molecule has 0 spiro atoms. The Morgan fingerprint density at radius 3 is 2.83 bits per heavy atom. The maximum Gasteiger partial charge on any atom is 0.226 e. The summed E-state index contributed by atoms with van der Waals surface area (Å²) >= 11 is 0. The number of likely N-dealkylation sites (N-methyl/N-ethyl adjacent to an activating group) is 1. The van der Waals surface area contributed by atoms with Gasteiger partial charge in [-0.3, -0.25) is 4.79 Å². The number of imidazole rings is 1. The molecule has 5 heteroatoms. The number of aromatic nitrogens is 2. The molecule has 3 heterocycles. The van der Waals surface area contributed by atoms with Crippen molar-refractivity contribution in [2.45, 2.75) is 19.4 Å². The molecule has 18 heavy (non-hydrogen) atoms. The van der Waals surface area contributed by atoms with Crippen molar-refractivity contribution in [3.05, 3.63) is 18.2 Å². The minimum atomic E-state index is 0.164. The van der Waals surface area contributed by atoms with Crippen LogP contribution in [0.4, 0.5) is 0 Å². The minimum Gasteiger partial charge on any atom is -0.340 e. The molecule has 1 saturated heterocycles. The summed E-state index contributed by atoms with van der Waals surface area (Å²) in [6.45, 7) is 4.68. The van der Waals surface area contributed by atoms with Gasteiger partial charge in [-0.15, -0.1) is 0 Å². The quantitative estimate of drug-likeness (QED) is 0.714. The van der Waals surface area contributed by atoms with E-state index in [-0.39, 0.29) is 5.92 Å². The van der Waals surface area contributed by atoms with Gasteiger partial charge in [0.15, 0.2) is 0 Å². The van der Waals surface area contributed by atoms with Crippen molar-refractivity contribution in [2.24, 2.45) is 5.92 Å². The highest BCUT2D eigenvalue weighted by Gasteiger charge is 2.29. The molecule has 0 N–H and O–H groups in total. The number of carbonyl (C=O) groups is 1. The summed E-state index contributed by atoms with van der Waals surface area (Å²) in [6.07, 6.45) is 5.56. The van der Waals surface area contributed by atoms with Gasteiger partial charge in [0.2, 0.25) is 5.91 Å². The average molecular weight is 248 g/mol. The number of amides is 1. The summed E-state index contributed by atoms with van der Waals surface area (Å²) in [5.74, 6) is 0.508. The Balaban J connectivity index is 1.64. The van der Waals surface area contributed by atoms with E-state index in [1.165, 1.54) is 5.69 Å². The van der Waals surface area contributed by atoms with Crippen molar-refractivity contribution in [3.8, 4) is 0 Å². The van der Waals surface area contributed by atoms with Gasteiger partial charge in [-0.25, -0.2) is 4.98 Å². The fraction of sp³-hybridized carbons (Fsp3) is 0.692. The van der Waals surface area contributed by atoms with Crippen LogP contribution in [0.15, 0.2) is 12.5 Å². The number of rotatable bonds is 1. The van der Waals surface area contributed by atoms with Crippen LogP contribution in [0.2, 0.25) is 0 Å². The van der Waals surface area contributed by atoms with Gasteiger partial charge in [0, 0.05) is 57.0 Å². The molecular formula is C13H20N4O. The fourth-order valence-electron chi connectivity index (χ4n) is 2.86. The highest BCUT2D eigenvalue weighted by Crippen LogP contribution is 2.22. The highest BCUT2D eigenvalue weighted by molar-refractivity contribution is 5.79. The van der Waals surface area contributed by atoms with Crippen LogP contribution in [0.3, 0.4) is 0 Å². The topological polar surface area (TPSA) is 41.4 Å². The standard InChI is InChI=1S/C13H20N4O/c1-15-4-6-16(7-5-15)13(18)11-2-3-17-10-14-9-12(17)8-11/h9-11H,2-8H2,1H3. The van der Waals surface area contributed by atoms with E-state index in [1.54, 1.807) is 0 Å². The Morgan fingerprint density at radius 2 is 2.06 bits per heavy atom. The molecule has 98 valence electrons. The Labute approximate surface area is 107 Å². The predicted octanol–water partition coefficient (Wildman–Crippen LogP) is 0.219. The minimum absolute atomic E-state index is 0.164. The maximum absolute atomic E-state index is 12.5. The third-order valence-corrected chi connectivity index (χ3v) is 4.14. The summed E-state index contributed by atoms with van der Waals surface area (Å²) in [7, 11) is 2.11. The van der Waals surface area contributed by atoms with Gasteiger partial charge in [0.05, 0.1) is 6.33 Å². The number of carbonyl (C=O) groups excluding carboxylic acids is 1. The number of aryl methyl sites for hydroxylation is 1. The Kier molecular flexibility index (Phi) is 3.07. The van der Waals surface area contributed by atoms with Crippen molar-refractivity contribution >= 4 is 5.91 Å². The highest BCUT2D eigenvalue weighted by atomic mass is 16.2. The average Bonchev–Trinajstić information content (AvgIpc) is 2.86. The van der Waals surface area contributed by atoms with Crippen molar-refractivity contribution < 1.29 is 4.79 Å².